The molecular formula is C22H18N4O4S. The maximum absolute atomic E-state index is 10.1. The second-order valence-corrected chi connectivity index (χ2v) is 7.17. The molecular weight excluding hydrogens is 416 g/mol. The molecule has 8 nitrogen and oxygen atoms in total. The van der Waals surface area contributed by atoms with E-state index in [0.717, 1.165) is 11.8 Å². The van der Waals surface area contributed by atoms with E-state index < -0.39 is 0 Å². The highest BCUT2D eigenvalue weighted by Crippen LogP contribution is 2.45. The van der Waals surface area contributed by atoms with Crippen molar-refractivity contribution in [2.45, 2.75) is 9.92 Å². The number of aromatic hydroxyl groups is 1. The molecule has 0 fully saturated rings. The molecule has 0 radical (unpaired) electrons. The normalized spacial score (nSPS) is 10.1. The number of anilines is 1. The summed E-state index contributed by atoms with van der Waals surface area (Å²) in [7, 11) is 4.42. The van der Waals surface area contributed by atoms with Crippen LogP contribution in [0.15, 0.2) is 46.3 Å². The van der Waals surface area contributed by atoms with E-state index in [9.17, 15) is 15.6 Å². The summed E-state index contributed by atoms with van der Waals surface area (Å²) in [6.45, 7) is 0. The van der Waals surface area contributed by atoms with Crippen LogP contribution in [0.2, 0.25) is 0 Å². The number of nitriles is 2. The Morgan fingerprint density at radius 3 is 2.10 bits per heavy atom. The number of hydrogen-bond acceptors (Lipinski definition) is 9. The van der Waals surface area contributed by atoms with Crippen LogP contribution in [0.5, 0.6) is 23.0 Å². The first kappa shape index (κ1) is 21.6. The molecule has 9 heteroatoms. The number of nitrogens with zero attached hydrogens (tertiary/aromatic N) is 3. The van der Waals surface area contributed by atoms with Crippen LogP contribution in [-0.4, -0.2) is 31.4 Å². The van der Waals surface area contributed by atoms with E-state index in [1.54, 1.807) is 30.3 Å². The third-order valence-electron chi connectivity index (χ3n) is 4.44. The van der Waals surface area contributed by atoms with Crippen LogP contribution < -0.4 is 19.9 Å². The Morgan fingerprint density at radius 1 is 0.968 bits per heavy atom. The van der Waals surface area contributed by atoms with Gasteiger partial charge in [0, 0.05) is 5.56 Å². The smallest absolute Gasteiger partial charge is 0.203 e. The highest BCUT2D eigenvalue weighted by atomic mass is 32.2. The van der Waals surface area contributed by atoms with Gasteiger partial charge in [-0.05, 0) is 29.8 Å². The van der Waals surface area contributed by atoms with E-state index in [1.165, 1.54) is 27.4 Å². The van der Waals surface area contributed by atoms with Gasteiger partial charge in [0.1, 0.15) is 34.3 Å². The molecule has 0 aliphatic heterocycles. The average molecular weight is 434 g/mol. The van der Waals surface area contributed by atoms with Crippen molar-refractivity contribution in [2.75, 3.05) is 27.1 Å². The van der Waals surface area contributed by atoms with Crippen molar-refractivity contribution in [1.82, 2.24) is 4.98 Å². The highest BCUT2D eigenvalue weighted by molar-refractivity contribution is 7.99. The van der Waals surface area contributed by atoms with Crippen molar-refractivity contribution in [3.63, 3.8) is 0 Å². The summed E-state index contributed by atoms with van der Waals surface area (Å²) < 4.78 is 16.2. The number of hydrogen-bond donors (Lipinski definition) is 2. The second kappa shape index (κ2) is 9.16. The molecule has 1 heterocycles. The largest absolute Gasteiger partial charge is 0.507 e. The lowest BCUT2D eigenvalue weighted by atomic mass is 9.96. The van der Waals surface area contributed by atoms with Crippen LogP contribution in [0, 0.1) is 22.7 Å². The molecule has 3 N–H and O–H groups in total. The molecule has 0 saturated heterocycles. The fourth-order valence-electron chi connectivity index (χ4n) is 3.03. The number of phenols is 1. The van der Waals surface area contributed by atoms with Crippen LogP contribution >= 0.6 is 11.8 Å². The molecule has 156 valence electrons. The monoisotopic (exact) mass is 434 g/mol. The van der Waals surface area contributed by atoms with Gasteiger partial charge < -0.3 is 25.1 Å². The number of ether oxygens (including phenoxy) is 3. The van der Waals surface area contributed by atoms with Crippen molar-refractivity contribution in [2.24, 2.45) is 0 Å². The fourth-order valence-corrected chi connectivity index (χ4v) is 3.95. The minimum atomic E-state index is -0.0387. The first-order chi connectivity index (χ1) is 15.0. The Morgan fingerprint density at radius 2 is 1.58 bits per heavy atom. The lowest BCUT2D eigenvalue weighted by molar-refractivity contribution is 0.324. The number of methoxy groups -OCH3 is 3. The van der Waals surface area contributed by atoms with Gasteiger partial charge in [0.15, 0.2) is 11.5 Å². The molecule has 1 aromatic heterocycles. The quantitative estimate of drug-likeness (QED) is 0.591. The average Bonchev–Trinajstić information content (AvgIpc) is 2.79. The summed E-state index contributed by atoms with van der Waals surface area (Å²) in [5, 5.41) is 30.1. The number of phenolic OH excluding ortho intramolecular Hbond substituents is 1. The number of benzene rings is 2. The Labute approximate surface area is 183 Å². The third-order valence-corrected chi connectivity index (χ3v) is 5.49. The minimum absolute atomic E-state index is 0.0375. The molecule has 0 amide bonds. The van der Waals surface area contributed by atoms with Gasteiger partial charge in [-0.15, -0.1) is 0 Å². The van der Waals surface area contributed by atoms with E-state index in [4.69, 9.17) is 19.9 Å². The predicted molar refractivity (Wildman–Crippen MR) is 115 cm³/mol. The zero-order valence-electron chi connectivity index (χ0n) is 17.0. The molecule has 0 aliphatic rings. The molecule has 0 bridgehead atoms. The Balaban J connectivity index is 2.32. The summed E-state index contributed by atoms with van der Waals surface area (Å²) in [6.07, 6.45) is 0. The molecule has 0 aliphatic carbocycles. The summed E-state index contributed by atoms with van der Waals surface area (Å²) in [5.74, 6) is 1.08. The summed E-state index contributed by atoms with van der Waals surface area (Å²) in [4.78, 5) is 4.75. The van der Waals surface area contributed by atoms with Crippen molar-refractivity contribution in [3.8, 4) is 46.3 Å². The molecule has 0 unspecified atom stereocenters. The van der Waals surface area contributed by atoms with Gasteiger partial charge >= 0.3 is 0 Å². The molecule has 3 rings (SSSR count). The van der Waals surface area contributed by atoms with Crippen molar-refractivity contribution in [1.29, 1.82) is 10.5 Å². The Bertz CT molecular complexity index is 1210. The SMILES string of the molecule is COc1cc(-c2c(C#N)c(N)nc(Sc3ccccc3O)c2C#N)cc(OC)c1OC. The number of rotatable bonds is 6. The van der Waals surface area contributed by atoms with Crippen LogP contribution in [-0.2, 0) is 0 Å². The standard InChI is InChI=1S/C22H18N4O4S/c1-28-16-8-12(9-17(29-2)20(16)30-3)19-13(10-23)21(25)26-22(14(19)11-24)31-18-7-5-4-6-15(18)27/h4-9,27H,1-3H3,(H2,25,26). The number of nitrogens with two attached hydrogens (primary N) is 1. The summed E-state index contributed by atoms with van der Waals surface area (Å²) >= 11 is 1.07. The lowest BCUT2D eigenvalue weighted by Crippen LogP contribution is -2.04. The molecule has 3 aromatic rings. The number of pyridine rings is 1. The van der Waals surface area contributed by atoms with Gasteiger partial charge in [0.25, 0.3) is 0 Å². The van der Waals surface area contributed by atoms with E-state index in [2.05, 4.69) is 11.1 Å². The predicted octanol–water partition coefficient (Wildman–Crippen LogP) is 3.96. The van der Waals surface area contributed by atoms with Gasteiger partial charge in [-0.2, -0.15) is 10.5 Å². The van der Waals surface area contributed by atoms with Crippen molar-refractivity contribution < 1.29 is 19.3 Å². The molecule has 31 heavy (non-hydrogen) atoms. The van der Waals surface area contributed by atoms with Crippen LogP contribution in [0.25, 0.3) is 11.1 Å². The van der Waals surface area contributed by atoms with Gasteiger partial charge in [-0.3, -0.25) is 0 Å². The zero-order chi connectivity index (χ0) is 22.5. The second-order valence-electron chi connectivity index (χ2n) is 6.13. The van der Waals surface area contributed by atoms with E-state index >= 15 is 0 Å². The summed E-state index contributed by atoms with van der Waals surface area (Å²) in [5.41, 5.74) is 7.01. The molecule has 0 saturated carbocycles. The third kappa shape index (κ3) is 4.00. The zero-order valence-corrected chi connectivity index (χ0v) is 17.8. The Kier molecular flexibility index (Phi) is 6.39. The van der Waals surface area contributed by atoms with E-state index in [1.807, 2.05) is 6.07 Å². The Hall–Kier alpha value is -4.08. The van der Waals surface area contributed by atoms with Crippen LogP contribution in [0.4, 0.5) is 5.82 Å². The van der Waals surface area contributed by atoms with Crippen molar-refractivity contribution >= 4 is 17.6 Å². The highest BCUT2D eigenvalue weighted by Gasteiger charge is 2.24. The van der Waals surface area contributed by atoms with E-state index in [0.29, 0.717) is 27.7 Å². The number of para-hydroxylation sites is 1. The first-order valence-electron chi connectivity index (χ1n) is 8.88. The first-order valence-corrected chi connectivity index (χ1v) is 9.70. The number of aromatic nitrogens is 1. The topological polar surface area (TPSA) is 134 Å². The maximum Gasteiger partial charge on any atom is 0.203 e. The van der Waals surface area contributed by atoms with Gasteiger partial charge in [-0.1, -0.05) is 23.9 Å². The van der Waals surface area contributed by atoms with Crippen LogP contribution in [0.1, 0.15) is 11.1 Å². The minimum Gasteiger partial charge on any atom is -0.507 e. The van der Waals surface area contributed by atoms with Gasteiger partial charge in [0.05, 0.1) is 31.8 Å². The van der Waals surface area contributed by atoms with E-state index in [-0.39, 0.29) is 33.3 Å². The lowest BCUT2D eigenvalue weighted by Gasteiger charge is -2.17. The number of nitrogen functional groups attached to an aromatic ring is 1. The maximum atomic E-state index is 10.1. The van der Waals surface area contributed by atoms with Gasteiger partial charge in [-0.25, -0.2) is 4.98 Å². The van der Waals surface area contributed by atoms with Gasteiger partial charge in [0.2, 0.25) is 5.75 Å². The molecule has 0 atom stereocenters. The van der Waals surface area contributed by atoms with Crippen molar-refractivity contribution in [3.05, 3.63) is 47.5 Å². The molecule has 0 spiro atoms. The summed E-state index contributed by atoms with van der Waals surface area (Å²) in [6, 6.07) is 14.1. The van der Waals surface area contributed by atoms with Crippen LogP contribution in [0.3, 0.4) is 0 Å². The molecule has 2 aromatic carbocycles. The fraction of sp³-hybridized carbons (Fsp3) is 0.136.